The molecule has 4 aromatic rings. The van der Waals surface area contributed by atoms with Crippen molar-refractivity contribution in [1.29, 1.82) is 0 Å². The van der Waals surface area contributed by atoms with Crippen molar-refractivity contribution in [2.24, 2.45) is 5.10 Å². The summed E-state index contributed by atoms with van der Waals surface area (Å²) >= 11 is 0. The van der Waals surface area contributed by atoms with Crippen LogP contribution in [-0.4, -0.2) is 35.3 Å². The average molecular weight is 428 g/mol. The van der Waals surface area contributed by atoms with Gasteiger partial charge in [-0.05, 0) is 55.8 Å². The summed E-state index contributed by atoms with van der Waals surface area (Å²) in [7, 11) is 0. The molecule has 2 N–H and O–H groups in total. The number of carbonyl (C=O) groups excluding carboxylic acids is 1. The third kappa shape index (κ3) is 4.78. The zero-order valence-corrected chi connectivity index (χ0v) is 18.0. The van der Waals surface area contributed by atoms with Gasteiger partial charge in [-0.25, -0.2) is 10.4 Å². The molecule has 0 unspecified atom stereocenters. The predicted molar refractivity (Wildman–Crippen MR) is 125 cm³/mol. The van der Waals surface area contributed by atoms with Crippen LogP contribution in [0.5, 0.6) is 11.5 Å². The Morgan fingerprint density at radius 2 is 1.78 bits per heavy atom. The first-order valence-electron chi connectivity index (χ1n) is 10.5. The number of H-pyrrole nitrogens is 1. The van der Waals surface area contributed by atoms with Crippen LogP contribution in [0.3, 0.4) is 0 Å². The van der Waals surface area contributed by atoms with Crippen molar-refractivity contribution in [1.82, 2.24) is 15.4 Å². The van der Waals surface area contributed by atoms with E-state index >= 15 is 0 Å². The molecule has 0 spiro atoms. The van der Waals surface area contributed by atoms with Gasteiger partial charge in [0.05, 0.1) is 30.5 Å². The average Bonchev–Trinajstić information content (AvgIpc) is 3.25. The van der Waals surface area contributed by atoms with Gasteiger partial charge in [0.2, 0.25) is 0 Å². The number of ether oxygens (including phenoxy) is 2. The fourth-order valence-electron chi connectivity index (χ4n) is 3.26. The third-order valence-corrected chi connectivity index (χ3v) is 4.74. The third-order valence-electron chi connectivity index (χ3n) is 4.74. The number of fused-ring (bicyclic) bond motifs is 1. The normalized spacial score (nSPS) is 11.1. The molecule has 0 atom stereocenters. The number of benzene rings is 3. The summed E-state index contributed by atoms with van der Waals surface area (Å²) in [6, 6.07) is 20.7. The molecular formula is C25H24N4O3. The smallest absolute Gasteiger partial charge is 0.271 e. The van der Waals surface area contributed by atoms with Gasteiger partial charge in [0.25, 0.3) is 5.91 Å². The molecule has 1 amide bonds. The largest absolute Gasteiger partial charge is 0.490 e. The van der Waals surface area contributed by atoms with E-state index in [1.54, 1.807) is 18.3 Å². The topological polar surface area (TPSA) is 88.6 Å². The lowest BCUT2D eigenvalue weighted by atomic mass is 10.2. The number of rotatable bonds is 8. The Morgan fingerprint density at radius 1 is 1.00 bits per heavy atom. The van der Waals surface area contributed by atoms with Crippen molar-refractivity contribution in [2.45, 2.75) is 13.8 Å². The van der Waals surface area contributed by atoms with Crippen molar-refractivity contribution in [2.75, 3.05) is 13.2 Å². The quantitative estimate of drug-likeness (QED) is 0.312. The Morgan fingerprint density at radius 3 is 2.56 bits per heavy atom. The number of amides is 1. The molecular weight excluding hydrogens is 404 g/mol. The van der Waals surface area contributed by atoms with E-state index in [9.17, 15) is 4.79 Å². The zero-order valence-electron chi connectivity index (χ0n) is 18.0. The number of hydrogen-bond acceptors (Lipinski definition) is 5. The van der Waals surface area contributed by atoms with Crippen LogP contribution in [0.2, 0.25) is 0 Å². The summed E-state index contributed by atoms with van der Waals surface area (Å²) in [6.07, 6.45) is 1.57. The molecule has 7 nitrogen and oxygen atoms in total. The van der Waals surface area contributed by atoms with Gasteiger partial charge < -0.3 is 14.5 Å². The lowest BCUT2D eigenvalue weighted by Gasteiger charge is -2.11. The molecule has 0 aliphatic rings. The Balaban J connectivity index is 1.47. The van der Waals surface area contributed by atoms with E-state index in [2.05, 4.69) is 20.5 Å². The van der Waals surface area contributed by atoms with Gasteiger partial charge in [-0.3, -0.25) is 4.79 Å². The first kappa shape index (κ1) is 21.1. The van der Waals surface area contributed by atoms with Crippen LogP contribution in [0.4, 0.5) is 0 Å². The number of carbonyl (C=O) groups is 1. The molecule has 7 heteroatoms. The van der Waals surface area contributed by atoms with E-state index in [-0.39, 0.29) is 5.91 Å². The Bertz CT molecular complexity index is 1250. The summed E-state index contributed by atoms with van der Waals surface area (Å²) in [5.41, 5.74) is 6.40. The molecule has 3 aromatic carbocycles. The second kappa shape index (κ2) is 9.78. The van der Waals surface area contributed by atoms with E-state index in [0.29, 0.717) is 30.3 Å². The Labute approximate surface area is 186 Å². The minimum atomic E-state index is -0.310. The Hall–Kier alpha value is -4.13. The highest BCUT2D eigenvalue weighted by atomic mass is 16.5. The second-order valence-corrected chi connectivity index (χ2v) is 6.95. The minimum Gasteiger partial charge on any atom is -0.490 e. The number of nitrogens with one attached hydrogen (secondary N) is 2. The van der Waals surface area contributed by atoms with E-state index in [1.807, 2.05) is 68.4 Å². The second-order valence-electron chi connectivity index (χ2n) is 6.95. The lowest BCUT2D eigenvalue weighted by molar-refractivity contribution is 0.0955. The predicted octanol–water partition coefficient (Wildman–Crippen LogP) is 4.79. The maximum atomic E-state index is 12.6. The minimum absolute atomic E-state index is 0.310. The first-order valence-corrected chi connectivity index (χ1v) is 10.5. The van der Waals surface area contributed by atoms with Crippen LogP contribution < -0.4 is 14.9 Å². The van der Waals surface area contributed by atoms with Gasteiger partial charge in [0, 0.05) is 11.1 Å². The summed E-state index contributed by atoms with van der Waals surface area (Å²) in [5.74, 6) is 1.77. The van der Waals surface area contributed by atoms with Gasteiger partial charge in [-0.15, -0.1) is 0 Å². The molecule has 1 heterocycles. The maximum Gasteiger partial charge on any atom is 0.271 e. The van der Waals surface area contributed by atoms with Crippen LogP contribution in [0.15, 0.2) is 71.8 Å². The molecule has 162 valence electrons. The van der Waals surface area contributed by atoms with E-state index in [4.69, 9.17) is 9.47 Å². The molecule has 32 heavy (non-hydrogen) atoms. The number of aromatic amines is 1. The number of hydrogen-bond donors (Lipinski definition) is 2. The van der Waals surface area contributed by atoms with Gasteiger partial charge >= 0.3 is 0 Å². The van der Waals surface area contributed by atoms with Gasteiger partial charge in [-0.1, -0.05) is 30.3 Å². The van der Waals surface area contributed by atoms with Gasteiger partial charge in [-0.2, -0.15) is 5.10 Å². The molecule has 0 radical (unpaired) electrons. The molecule has 0 bridgehead atoms. The van der Waals surface area contributed by atoms with Crippen molar-refractivity contribution >= 4 is 23.2 Å². The van der Waals surface area contributed by atoms with Crippen LogP contribution in [0, 0.1) is 0 Å². The van der Waals surface area contributed by atoms with E-state index < -0.39 is 0 Å². The maximum absolute atomic E-state index is 12.6. The fraction of sp³-hybridized carbons (Fsp3) is 0.160. The lowest BCUT2D eigenvalue weighted by Crippen LogP contribution is -2.17. The molecule has 1 aromatic heterocycles. The molecule has 0 aliphatic carbocycles. The molecule has 0 aliphatic heterocycles. The number of hydrazone groups is 1. The summed E-state index contributed by atoms with van der Waals surface area (Å²) in [5, 5.41) is 4.08. The van der Waals surface area contributed by atoms with Gasteiger partial charge in [0.1, 0.15) is 5.82 Å². The first-order chi connectivity index (χ1) is 15.7. The van der Waals surface area contributed by atoms with Crippen LogP contribution in [-0.2, 0) is 0 Å². The summed E-state index contributed by atoms with van der Waals surface area (Å²) < 4.78 is 11.2. The SMILES string of the molecule is CCOc1ccc(/C=N/NC(=O)c2ccc3nc(-c4ccccc4)[nH]c3c2)cc1OCC. The Kier molecular flexibility index (Phi) is 6.46. The zero-order chi connectivity index (χ0) is 22.3. The molecule has 4 rings (SSSR count). The highest BCUT2D eigenvalue weighted by molar-refractivity contribution is 5.98. The van der Waals surface area contributed by atoms with Crippen LogP contribution in [0.1, 0.15) is 29.8 Å². The van der Waals surface area contributed by atoms with E-state index in [1.165, 1.54) is 0 Å². The standard InChI is InChI=1S/C25H24N4O3/c1-3-31-22-13-10-17(14-23(22)32-4-2)16-26-29-25(30)19-11-12-20-21(15-19)28-24(27-20)18-8-6-5-7-9-18/h5-16H,3-4H2,1-2H3,(H,27,28)(H,29,30)/b26-16+. The van der Waals surface area contributed by atoms with Gasteiger partial charge in [0.15, 0.2) is 11.5 Å². The number of aromatic nitrogens is 2. The summed E-state index contributed by atoms with van der Waals surface area (Å²) in [4.78, 5) is 20.4. The van der Waals surface area contributed by atoms with Crippen LogP contribution in [0.25, 0.3) is 22.4 Å². The summed E-state index contributed by atoms with van der Waals surface area (Å²) in [6.45, 7) is 4.91. The fourth-order valence-corrected chi connectivity index (χ4v) is 3.26. The monoisotopic (exact) mass is 428 g/mol. The highest BCUT2D eigenvalue weighted by Gasteiger charge is 2.10. The van der Waals surface area contributed by atoms with Crippen LogP contribution >= 0.6 is 0 Å². The molecule has 0 fully saturated rings. The van der Waals surface area contributed by atoms with Crippen molar-refractivity contribution < 1.29 is 14.3 Å². The van der Waals surface area contributed by atoms with E-state index in [0.717, 1.165) is 28.0 Å². The molecule has 0 saturated carbocycles. The number of imidazole rings is 1. The van der Waals surface area contributed by atoms with Crippen molar-refractivity contribution in [3.63, 3.8) is 0 Å². The number of nitrogens with zero attached hydrogens (tertiary/aromatic N) is 2. The molecule has 0 saturated heterocycles. The highest BCUT2D eigenvalue weighted by Crippen LogP contribution is 2.28. The van der Waals surface area contributed by atoms with Crippen molar-refractivity contribution in [3.8, 4) is 22.9 Å². The van der Waals surface area contributed by atoms with Crippen molar-refractivity contribution in [3.05, 3.63) is 77.9 Å².